The van der Waals surface area contributed by atoms with Crippen molar-refractivity contribution in [1.29, 1.82) is 0 Å². The fourth-order valence-corrected chi connectivity index (χ4v) is 4.53. The van der Waals surface area contributed by atoms with Crippen molar-refractivity contribution >= 4 is 22.8 Å². The van der Waals surface area contributed by atoms with Crippen LogP contribution in [0.3, 0.4) is 0 Å². The second kappa shape index (κ2) is 6.82. The summed E-state index contributed by atoms with van der Waals surface area (Å²) in [7, 11) is 0. The summed E-state index contributed by atoms with van der Waals surface area (Å²) in [6, 6.07) is 0. The normalized spacial score (nSPS) is 18.7. The lowest BCUT2D eigenvalue weighted by atomic mass is 9.92. The van der Waals surface area contributed by atoms with Gasteiger partial charge in [0.05, 0.1) is 16.6 Å². The van der Waals surface area contributed by atoms with Crippen molar-refractivity contribution in [3.05, 3.63) is 34.9 Å². The largest absolute Gasteiger partial charge is 0.442 e. The van der Waals surface area contributed by atoms with Crippen LogP contribution in [-0.2, 0) is 0 Å². The van der Waals surface area contributed by atoms with Gasteiger partial charge >= 0.3 is 0 Å². The van der Waals surface area contributed by atoms with Gasteiger partial charge in [-0.1, -0.05) is 0 Å². The summed E-state index contributed by atoms with van der Waals surface area (Å²) in [5.41, 5.74) is 3.38. The summed E-state index contributed by atoms with van der Waals surface area (Å²) in [5.74, 6) is 2.62. The predicted molar refractivity (Wildman–Crippen MR) is 114 cm³/mol. The second-order valence-electron chi connectivity index (χ2n) is 9.02. The van der Waals surface area contributed by atoms with Gasteiger partial charge in [0, 0.05) is 30.2 Å². The molecule has 158 valence electrons. The lowest BCUT2D eigenvalue weighted by Gasteiger charge is -2.31. The van der Waals surface area contributed by atoms with Crippen LogP contribution >= 0.6 is 0 Å². The molecule has 5 rings (SSSR count). The highest BCUT2D eigenvalue weighted by Gasteiger charge is 2.39. The third-order valence-corrected chi connectivity index (χ3v) is 6.51. The van der Waals surface area contributed by atoms with Crippen LogP contribution in [0.4, 0.5) is 5.82 Å². The molecule has 8 heteroatoms. The maximum absolute atomic E-state index is 13.5. The molecule has 2 fully saturated rings. The van der Waals surface area contributed by atoms with Crippen LogP contribution in [0.25, 0.3) is 11.1 Å². The molecule has 0 spiro atoms. The highest BCUT2D eigenvalue weighted by Crippen LogP contribution is 2.40. The molecule has 1 aliphatic heterocycles. The topological polar surface area (TPSA) is 99.9 Å². The van der Waals surface area contributed by atoms with Crippen LogP contribution in [0, 0.1) is 20.8 Å². The molecule has 0 bridgehead atoms. The van der Waals surface area contributed by atoms with E-state index >= 15 is 0 Å². The Labute approximate surface area is 175 Å². The van der Waals surface area contributed by atoms with Crippen molar-refractivity contribution in [2.45, 2.75) is 64.8 Å². The van der Waals surface area contributed by atoms with Crippen LogP contribution in [-0.4, -0.2) is 49.4 Å². The molecule has 2 N–H and O–H groups in total. The van der Waals surface area contributed by atoms with Gasteiger partial charge in [-0.15, -0.1) is 0 Å². The van der Waals surface area contributed by atoms with Gasteiger partial charge in [0.2, 0.25) is 5.71 Å². The third kappa shape index (κ3) is 3.24. The second-order valence-corrected chi connectivity index (χ2v) is 9.02. The molecule has 0 aromatic carbocycles. The average Bonchev–Trinajstić information content (AvgIpc) is 3.18. The molecule has 30 heavy (non-hydrogen) atoms. The van der Waals surface area contributed by atoms with E-state index < -0.39 is 0 Å². The number of carbonyl (C=O) groups excluding carboxylic acids is 1. The van der Waals surface area contributed by atoms with Crippen molar-refractivity contribution in [1.82, 2.24) is 24.8 Å². The fourth-order valence-electron chi connectivity index (χ4n) is 4.53. The Morgan fingerprint density at radius 3 is 2.60 bits per heavy atom. The monoisotopic (exact) mass is 408 g/mol. The van der Waals surface area contributed by atoms with Crippen molar-refractivity contribution in [2.75, 3.05) is 18.4 Å². The van der Waals surface area contributed by atoms with Crippen LogP contribution in [0.5, 0.6) is 0 Å². The van der Waals surface area contributed by atoms with Crippen molar-refractivity contribution in [2.24, 2.45) is 0 Å². The summed E-state index contributed by atoms with van der Waals surface area (Å²) < 4.78 is 5.84. The van der Waals surface area contributed by atoms with Crippen molar-refractivity contribution in [3.8, 4) is 0 Å². The Hall–Kier alpha value is -2.90. The van der Waals surface area contributed by atoms with E-state index in [-0.39, 0.29) is 11.4 Å². The number of aromatic amines is 1. The number of aromatic nitrogens is 4. The molecule has 4 heterocycles. The van der Waals surface area contributed by atoms with E-state index in [9.17, 15) is 4.79 Å². The highest BCUT2D eigenvalue weighted by atomic mass is 16.3. The Balaban J connectivity index is 1.40. The zero-order valence-electron chi connectivity index (χ0n) is 18.0. The van der Waals surface area contributed by atoms with Crippen molar-refractivity contribution in [3.63, 3.8) is 0 Å². The first-order chi connectivity index (χ1) is 14.3. The minimum Gasteiger partial charge on any atom is -0.442 e. The standard InChI is InChI=1S/C22H28N6O2/c1-12-18(26-14(3)25-12)15-5-9-28(10-6-15)21(29)16-13(2)30-20-17(16)19(23-11-24-20)27-22(4)7-8-22/h11,15H,5-10H2,1-4H3,(H,25,26)(H,23,24,27). The quantitative estimate of drug-likeness (QED) is 0.680. The summed E-state index contributed by atoms with van der Waals surface area (Å²) in [6.07, 6.45) is 5.50. The van der Waals surface area contributed by atoms with E-state index in [1.807, 2.05) is 18.7 Å². The zero-order valence-corrected chi connectivity index (χ0v) is 18.0. The van der Waals surface area contributed by atoms with E-state index in [0.29, 0.717) is 47.2 Å². The van der Waals surface area contributed by atoms with Crippen LogP contribution in [0.1, 0.15) is 71.9 Å². The Bertz CT molecular complexity index is 1120. The molecular weight excluding hydrogens is 380 g/mol. The minimum absolute atomic E-state index is 0.00145. The number of nitrogens with zero attached hydrogens (tertiary/aromatic N) is 4. The molecule has 1 saturated heterocycles. The number of nitrogens with one attached hydrogen (secondary N) is 2. The summed E-state index contributed by atoms with van der Waals surface area (Å²) in [4.78, 5) is 32.1. The molecule has 0 radical (unpaired) electrons. The van der Waals surface area contributed by atoms with Crippen LogP contribution in [0.15, 0.2) is 10.7 Å². The number of H-pyrrole nitrogens is 1. The Morgan fingerprint density at radius 2 is 1.97 bits per heavy atom. The fraction of sp³-hybridized carbons (Fsp3) is 0.545. The number of aryl methyl sites for hydroxylation is 3. The smallest absolute Gasteiger partial charge is 0.258 e. The summed E-state index contributed by atoms with van der Waals surface area (Å²) >= 11 is 0. The number of likely N-dealkylation sites (tertiary alicyclic amines) is 1. The van der Waals surface area contributed by atoms with Gasteiger partial charge < -0.3 is 19.6 Å². The van der Waals surface area contributed by atoms with Crippen LogP contribution < -0.4 is 5.32 Å². The predicted octanol–water partition coefficient (Wildman–Crippen LogP) is 3.86. The number of piperidine rings is 1. The molecule has 3 aromatic rings. The van der Waals surface area contributed by atoms with Gasteiger partial charge in [-0.25, -0.2) is 15.0 Å². The zero-order chi connectivity index (χ0) is 21.0. The van der Waals surface area contributed by atoms with E-state index in [4.69, 9.17) is 4.42 Å². The van der Waals surface area contributed by atoms with Gasteiger partial charge in [-0.05, 0) is 53.4 Å². The van der Waals surface area contributed by atoms with E-state index in [1.165, 1.54) is 6.33 Å². The first-order valence-corrected chi connectivity index (χ1v) is 10.7. The van der Waals surface area contributed by atoms with Gasteiger partial charge in [-0.2, -0.15) is 0 Å². The lowest BCUT2D eigenvalue weighted by Crippen LogP contribution is -2.38. The number of hydrogen-bond donors (Lipinski definition) is 2. The molecule has 8 nitrogen and oxygen atoms in total. The van der Waals surface area contributed by atoms with Gasteiger partial charge in [0.15, 0.2) is 0 Å². The molecular formula is C22H28N6O2. The number of amides is 1. The SMILES string of the molecule is Cc1nc(C2CCN(C(=O)c3c(C)oc4ncnc(NC5(C)CC5)c34)CC2)c(C)[nH]1. The number of anilines is 1. The molecule has 1 saturated carbocycles. The van der Waals surface area contributed by atoms with Gasteiger partial charge in [-0.3, -0.25) is 4.79 Å². The molecule has 0 atom stereocenters. The maximum atomic E-state index is 13.5. The highest BCUT2D eigenvalue weighted by molar-refractivity contribution is 6.10. The lowest BCUT2D eigenvalue weighted by molar-refractivity contribution is 0.0712. The first-order valence-electron chi connectivity index (χ1n) is 10.7. The number of rotatable bonds is 4. The summed E-state index contributed by atoms with van der Waals surface area (Å²) in [5, 5.41) is 4.19. The number of hydrogen-bond acceptors (Lipinski definition) is 6. The Kier molecular flexibility index (Phi) is 4.34. The molecule has 1 aliphatic carbocycles. The average molecular weight is 409 g/mol. The van der Waals surface area contributed by atoms with E-state index in [0.717, 1.165) is 42.9 Å². The summed E-state index contributed by atoms with van der Waals surface area (Å²) in [6.45, 7) is 9.46. The maximum Gasteiger partial charge on any atom is 0.258 e. The molecule has 0 unspecified atom stereocenters. The number of furan rings is 1. The van der Waals surface area contributed by atoms with E-state index in [1.54, 1.807) is 0 Å². The minimum atomic E-state index is -0.00145. The number of imidazole rings is 1. The van der Waals surface area contributed by atoms with Gasteiger partial charge in [0.25, 0.3) is 5.91 Å². The first kappa shape index (κ1) is 19.1. The van der Waals surface area contributed by atoms with Crippen molar-refractivity contribution < 1.29 is 9.21 Å². The number of carbonyl (C=O) groups is 1. The third-order valence-electron chi connectivity index (χ3n) is 6.51. The molecule has 2 aliphatic rings. The van der Waals surface area contributed by atoms with Gasteiger partial charge in [0.1, 0.15) is 23.7 Å². The molecule has 3 aromatic heterocycles. The van der Waals surface area contributed by atoms with E-state index in [2.05, 4.69) is 39.1 Å². The number of fused-ring (bicyclic) bond motifs is 1. The molecule has 1 amide bonds. The van der Waals surface area contributed by atoms with Crippen LogP contribution in [0.2, 0.25) is 0 Å². The Morgan fingerprint density at radius 1 is 1.23 bits per heavy atom.